The van der Waals surface area contributed by atoms with Crippen LogP contribution in [0.3, 0.4) is 0 Å². The molecule has 2 aromatic rings. The third-order valence-electron chi connectivity index (χ3n) is 2.49. The number of aromatic nitrogens is 4. The van der Waals surface area contributed by atoms with Crippen LogP contribution in [0.25, 0.3) is 11.0 Å². The van der Waals surface area contributed by atoms with Gasteiger partial charge in [0.2, 0.25) is 0 Å². The number of hydrogen-bond donors (Lipinski definition) is 0. The maximum Gasteiger partial charge on any atom is 0.131 e. The van der Waals surface area contributed by atoms with Crippen LogP contribution in [0.15, 0.2) is 12.5 Å². The predicted octanol–water partition coefficient (Wildman–Crippen LogP) is 2.67. The van der Waals surface area contributed by atoms with Gasteiger partial charge in [-0.1, -0.05) is 27.7 Å². The monoisotopic (exact) mass is 216 g/mol. The van der Waals surface area contributed by atoms with Gasteiger partial charge in [-0.05, 0) is 5.92 Å². The Kier molecular flexibility index (Phi) is 2.81. The van der Waals surface area contributed by atoms with Crippen LogP contribution >= 0.6 is 0 Å². The molecule has 0 unspecified atom stereocenters. The Morgan fingerprint density at radius 3 is 2.31 bits per heavy atom. The molecule has 0 saturated heterocycles. The summed E-state index contributed by atoms with van der Waals surface area (Å²) in [6, 6.07) is 0. The molecule has 84 valence electrons. The van der Waals surface area contributed by atoms with E-state index in [1.165, 1.54) is 0 Å². The number of rotatable bonds is 2. The predicted molar refractivity (Wildman–Crippen MR) is 63.3 cm³/mol. The van der Waals surface area contributed by atoms with Crippen LogP contribution in [-0.2, 0) is 0 Å². The van der Waals surface area contributed by atoms with E-state index in [1.807, 2.05) is 0 Å². The lowest BCUT2D eigenvalue weighted by atomic mass is 10.1. The van der Waals surface area contributed by atoms with Crippen molar-refractivity contribution >= 4 is 11.0 Å². The maximum absolute atomic E-state index is 4.56. The highest BCUT2D eigenvalue weighted by Crippen LogP contribution is 2.20. The van der Waals surface area contributed by atoms with E-state index >= 15 is 0 Å². The van der Waals surface area contributed by atoms with Crippen LogP contribution in [0, 0.1) is 0 Å². The van der Waals surface area contributed by atoms with Crippen molar-refractivity contribution in [3.8, 4) is 0 Å². The summed E-state index contributed by atoms with van der Waals surface area (Å²) in [5.41, 5.74) is 2.70. The molecular formula is C12H16N4. The largest absolute Gasteiger partial charge is 0.239 e. The molecule has 0 spiro atoms. The average Bonchev–Trinajstić information content (AvgIpc) is 2.27. The van der Waals surface area contributed by atoms with Crippen LogP contribution < -0.4 is 0 Å². The Morgan fingerprint density at radius 1 is 0.938 bits per heavy atom. The molecule has 4 nitrogen and oxygen atoms in total. The highest BCUT2D eigenvalue weighted by Gasteiger charge is 2.11. The van der Waals surface area contributed by atoms with E-state index < -0.39 is 0 Å². The van der Waals surface area contributed by atoms with Crippen molar-refractivity contribution in [2.24, 2.45) is 0 Å². The second kappa shape index (κ2) is 4.12. The molecule has 0 aliphatic carbocycles. The molecule has 0 N–H and O–H groups in total. The highest BCUT2D eigenvalue weighted by atomic mass is 14.9. The van der Waals surface area contributed by atoms with E-state index in [0.717, 1.165) is 22.6 Å². The van der Waals surface area contributed by atoms with Crippen molar-refractivity contribution in [3.63, 3.8) is 0 Å². The van der Waals surface area contributed by atoms with Gasteiger partial charge in [0.25, 0.3) is 0 Å². The fourth-order valence-corrected chi connectivity index (χ4v) is 1.59. The maximum atomic E-state index is 4.56. The van der Waals surface area contributed by atoms with Gasteiger partial charge in [-0.15, -0.1) is 0 Å². The topological polar surface area (TPSA) is 51.6 Å². The molecule has 0 fully saturated rings. The Hall–Kier alpha value is -1.58. The zero-order valence-electron chi connectivity index (χ0n) is 10.1. The Bertz CT molecular complexity index is 505. The van der Waals surface area contributed by atoms with Crippen molar-refractivity contribution < 1.29 is 0 Å². The number of nitrogens with zero attached hydrogens (tertiary/aromatic N) is 4. The van der Waals surface area contributed by atoms with Crippen LogP contribution in [0.1, 0.15) is 51.0 Å². The molecule has 2 rings (SSSR count). The fourth-order valence-electron chi connectivity index (χ4n) is 1.59. The third-order valence-corrected chi connectivity index (χ3v) is 2.49. The first-order valence-corrected chi connectivity index (χ1v) is 5.57. The van der Waals surface area contributed by atoms with Gasteiger partial charge >= 0.3 is 0 Å². The summed E-state index contributed by atoms with van der Waals surface area (Å²) in [7, 11) is 0. The van der Waals surface area contributed by atoms with Crippen LogP contribution in [0.2, 0.25) is 0 Å². The summed E-state index contributed by atoms with van der Waals surface area (Å²) in [4.78, 5) is 17.4. The zero-order chi connectivity index (χ0) is 11.7. The molecule has 0 amide bonds. The first-order valence-electron chi connectivity index (χ1n) is 5.57. The zero-order valence-corrected chi connectivity index (χ0v) is 10.1. The Labute approximate surface area is 95.2 Å². The summed E-state index contributed by atoms with van der Waals surface area (Å²) >= 11 is 0. The second-order valence-electron chi connectivity index (χ2n) is 4.53. The van der Waals surface area contributed by atoms with Crippen molar-refractivity contribution in [2.75, 3.05) is 0 Å². The van der Waals surface area contributed by atoms with Crippen molar-refractivity contribution in [1.29, 1.82) is 0 Å². The minimum atomic E-state index is 0.324. The van der Waals surface area contributed by atoms with Crippen LogP contribution in [0.5, 0.6) is 0 Å². The third kappa shape index (κ3) is 1.87. The fraction of sp³-hybridized carbons (Fsp3) is 0.500. The SMILES string of the molecule is CC(C)c1ncc2ncnc(C(C)C)c2n1. The highest BCUT2D eigenvalue weighted by molar-refractivity contribution is 5.75. The van der Waals surface area contributed by atoms with Gasteiger partial charge < -0.3 is 0 Å². The smallest absolute Gasteiger partial charge is 0.131 e. The molecule has 0 saturated carbocycles. The lowest BCUT2D eigenvalue weighted by Crippen LogP contribution is -2.03. The minimum Gasteiger partial charge on any atom is -0.239 e. The molecule has 0 bridgehead atoms. The Morgan fingerprint density at radius 2 is 1.69 bits per heavy atom. The number of hydrogen-bond acceptors (Lipinski definition) is 4. The first kappa shape index (κ1) is 10.9. The normalized spacial score (nSPS) is 11.6. The van der Waals surface area contributed by atoms with Gasteiger partial charge in [0.1, 0.15) is 23.2 Å². The average molecular weight is 216 g/mol. The summed E-state index contributed by atoms with van der Waals surface area (Å²) in [6.45, 7) is 8.39. The lowest BCUT2D eigenvalue weighted by Gasteiger charge is -2.09. The molecule has 4 heteroatoms. The summed E-state index contributed by atoms with van der Waals surface area (Å²) in [5, 5.41) is 0. The molecule has 16 heavy (non-hydrogen) atoms. The molecule has 2 aromatic heterocycles. The van der Waals surface area contributed by atoms with Gasteiger partial charge in [-0.25, -0.2) is 19.9 Å². The second-order valence-corrected chi connectivity index (χ2v) is 4.53. The molecule has 0 aliphatic rings. The Balaban J connectivity index is 2.68. The van der Waals surface area contributed by atoms with E-state index in [2.05, 4.69) is 47.6 Å². The van der Waals surface area contributed by atoms with Crippen LogP contribution in [-0.4, -0.2) is 19.9 Å². The van der Waals surface area contributed by atoms with Gasteiger partial charge in [0.15, 0.2) is 0 Å². The van der Waals surface area contributed by atoms with E-state index in [4.69, 9.17) is 0 Å². The van der Waals surface area contributed by atoms with Crippen molar-refractivity contribution in [1.82, 2.24) is 19.9 Å². The standard InChI is InChI=1S/C12H16N4/c1-7(2)10-11-9(14-6-15-10)5-13-12(16-11)8(3)4/h5-8H,1-4H3. The van der Waals surface area contributed by atoms with E-state index in [0.29, 0.717) is 11.8 Å². The van der Waals surface area contributed by atoms with Gasteiger partial charge in [-0.3, -0.25) is 0 Å². The lowest BCUT2D eigenvalue weighted by molar-refractivity contribution is 0.771. The van der Waals surface area contributed by atoms with Crippen molar-refractivity contribution in [3.05, 3.63) is 24.0 Å². The molecule has 0 atom stereocenters. The van der Waals surface area contributed by atoms with Gasteiger partial charge in [0, 0.05) is 5.92 Å². The molecule has 2 heterocycles. The molecule has 0 radical (unpaired) electrons. The van der Waals surface area contributed by atoms with Gasteiger partial charge in [-0.2, -0.15) is 0 Å². The quantitative estimate of drug-likeness (QED) is 0.774. The summed E-state index contributed by atoms with van der Waals surface area (Å²) in [5.74, 6) is 1.52. The summed E-state index contributed by atoms with van der Waals surface area (Å²) < 4.78 is 0. The van der Waals surface area contributed by atoms with Crippen LogP contribution in [0.4, 0.5) is 0 Å². The molecule has 0 aliphatic heterocycles. The number of fused-ring (bicyclic) bond motifs is 1. The summed E-state index contributed by atoms with van der Waals surface area (Å²) in [6.07, 6.45) is 3.36. The molecular weight excluding hydrogens is 200 g/mol. The van der Waals surface area contributed by atoms with E-state index in [-0.39, 0.29) is 0 Å². The van der Waals surface area contributed by atoms with Gasteiger partial charge in [0.05, 0.1) is 11.9 Å². The van der Waals surface area contributed by atoms with E-state index in [1.54, 1.807) is 12.5 Å². The van der Waals surface area contributed by atoms with E-state index in [9.17, 15) is 0 Å². The minimum absolute atomic E-state index is 0.324. The van der Waals surface area contributed by atoms with Crippen molar-refractivity contribution in [2.45, 2.75) is 39.5 Å². The molecule has 0 aromatic carbocycles. The first-order chi connectivity index (χ1) is 7.59.